The number of phenolic OH excluding ortho intramolecular Hbond substituents is 1. The Morgan fingerprint density at radius 2 is 1.68 bits per heavy atom. The Bertz CT molecular complexity index is 1440. The molecule has 2 saturated carbocycles. The zero-order valence-electron chi connectivity index (χ0n) is 23.3. The van der Waals surface area contributed by atoms with Crippen molar-refractivity contribution >= 4 is 17.5 Å². The lowest BCUT2D eigenvalue weighted by Gasteiger charge is -2.69. The van der Waals surface area contributed by atoms with Crippen molar-refractivity contribution in [1.82, 2.24) is 0 Å². The maximum Gasteiger partial charge on any atom is 0.230 e. The van der Waals surface area contributed by atoms with Crippen LogP contribution in [0.5, 0.6) is 5.75 Å². The second kappa shape index (κ2) is 9.42. The molecule has 0 heterocycles. The zero-order valence-corrected chi connectivity index (χ0v) is 23.3. The van der Waals surface area contributed by atoms with E-state index in [0.717, 1.165) is 0 Å². The molecule has 0 bridgehead atoms. The average molecular weight is 570 g/mol. The third-order valence-electron chi connectivity index (χ3n) is 10.6. The van der Waals surface area contributed by atoms with Gasteiger partial charge in [0.05, 0.1) is 23.7 Å². The van der Waals surface area contributed by atoms with Gasteiger partial charge in [-0.25, -0.2) is 4.39 Å². The zero-order chi connectivity index (χ0) is 30.4. The minimum atomic E-state index is -2.88. The van der Waals surface area contributed by atoms with Crippen LogP contribution in [0.2, 0.25) is 0 Å². The number of carbonyl (C=O) groups is 3. The van der Waals surface area contributed by atoms with Gasteiger partial charge in [0, 0.05) is 10.8 Å². The molecule has 1 amide bonds. The lowest BCUT2D eigenvalue weighted by atomic mass is 9.36. The third-order valence-corrected chi connectivity index (χ3v) is 10.6. The van der Waals surface area contributed by atoms with Gasteiger partial charge in [-0.05, 0) is 47.4 Å². The number of aromatic hydroxyl groups is 1. The van der Waals surface area contributed by atoms with Gasteiger partial charge in [0.1, 0.15) is 23.6 Å². The number of hydrogen-bond acceptors (Lipinski definition) is 8. The number of Topliss-reactive ketones (excluding diaryl/α,β-unsaturated/α-hetero) is 2. The summed E-state index contributed by atoms with van der Waals surface area (Å²) in [6.45, 7) is 6.27. The first-order valence-electron chi connectivity index (χ1n) is 13.8. The lowest BCUT2D eigenvalue weighted by molar-refractivity contribution is -0.307. The number of halogens is 1. The average Bonchev–Trinajstić information content (AvgIpc) is 2.89. The van der Waals surface area contributed by atoms with Gasteiger partial charge in [-0.1, -0.05) is 58.0 Å². The maximum atomic E-state index is 15.0. The number of fused-ring (bicyclic) bond motifs is 3. The minimum absolute atomic E-state index is 0.0611. The summed E-state index contributed by atoms with van der Waals surface area (Å²) in [4.78, 5) is 40.4. The molecule has 41 heavy (non-hydrogen) atoms. The van der Waals surface area contributed by atoms with E-state index in [9.17, 15) is 39.9 Å². The predicted molar refractivity (Wildman–Crippen MR) is 144 cm³/mol. The van der Waals surface area contributed by atoms with Gasteiger partial charge in [-0.3, -0.25) is 14.4 Å². The summed E-state index contributed by atoms with van der Waals surface area (Å²) in [6.07, 6.45) is -5.68. The molecule has 9 nitrogen and oxygen atoms in total. The van der Waals surface area contributed by atoms with E-state index in [2.05, 4.69) is 0 Å². The highest BCUT2D eigenvalue weighted by atomic mass is 19.1. The van der Waals surface area contributed by atoms with Gasteiger partial charge < -0.3 is 31.3 Å². The van der Waals surface area contributed by atoms with Gasteiger partial charge in [0.15, 0.2) is 17.2 Å². The molecule has 2 aromatic rings. The summed E-state index contributed by atoms with van der Waals surface area (Å²) < 4.78 is 15.0. The van der Waals surface area contributed by atoms with Crippen LogP contribution in [0.25, 0.3) is 0 Å². The molecule has 3 aliphatic carbocycles. The molecule has 3 aliphatic rings. The van der Waals surface area contributed by atoms with Gasteiger partial charge in [-0.15, -0.1) is 0 Å². The summed E-state index contributed by atoms with van der Waals surface area (Å²) >= 11 is 0. The number of rotatable bonds is 4. The van der Waals surface area contributed by atoms with E-state index in [1.807, 2.05) is 0 Å². The lowest BCUT2D eigenvalue weighted by Crippen LogP contribution is -2.83. The number of carbonyl (C=O) groups excluding carboxylic acids is 3. The molecule has 7 N–H and O–H groups in total. The standard InChI is InChI=1S/C31H36FNO8/c1-13(2)21-24(36)20(27(33)39)25(37)31(41)26(38)22-23(35)19-15(9-7-11-18(19)34)16(12-14-8-5-6-10-17(14)32)29(22,3)28(40)30(21,31)4/h5-11,13,16,20-22,24,26,28,34,36,38,40-41H,12H2,1-4H3,(H2,33,39)/t16-,20-,21+,22-,24?,26?,28-,29+,30+,31+/m1/s1. The second-order valence-corrected chi connectivity index (χ2v) is 12.7. The minimum Gasteiger partial charge on any atom is -0.507 e. The van der Waals surface area contributed by atoms with E-state index < -0.39 is 93.4 Å². The van der Waals surface area contributed by atoms with Crippen LogP contribution in [0.15, 0.2) is 42.5 Å². The van der Waals surface area contributed by atoms with Crippen LogP contribution < -0.4 is 5.73 Å². The molecular weight excluding hydrogens is 533 g/mol. The second-order valence-electron chi connectivity index (χ2n) is 12.7. The summed E-state index contributed by atoms with van der Waals surface area (Å²) in [5.41, 5.74) is -0.619. The third kappa shape index (κ3) is 3.51. The van der Waals surface area contributed by atoms with Crippen LogP contribution in [-0.2, 0) is 16.0 Å². The Kier molecular flexibility index (Phi) is 6.74. The number of nitrogens with two attached hydrogens (primary N) is 1. The van der Waals surface area contributed by atoms with Crippen LogP contribution in [-0.4, -0.2) is 66.9 Å². The van der Waals surface area contributed by atoms with Crippen LogP contribution in [0.4, 0.5) is 4.39 Å². The van der Waals surface area contributed by atoms with E-state index in [1.165, 1.54) is 31.2 Å². The largest absolute Gasteiger partial charge is 0.507 e. The van der Waals surface area contributed by atoms with Crippen LogP contribution in [0.1, 0.15) is 55.1 Å². The van der Waals surface area contributed by atoms with E-state index in [1.54, 1.807) is 39.0 Å². The van der Waals surface area contributed by atoms with Crippen molar-refractivity contribution in [3.8, 4) is 5.75 Å². The number of amides is 1. The number of primary amides is 1. The quantitative estimate of drug-likeness (QED) is 0.300. The number of benzene rings is 2. The summed E-state index contributed by atoms with van der Waals surface area (Å²) in [5, 5.41) is 58.9. The topological polar surface area (TPSA) is 178 Å². The first-order chi connectivity index (χ1) is 19.1. The van der Waals surface area contributed by atoms with Crippen molar-refractivity contribution in [3.63, 3.8) is 0 Å². The summed E-state index contributed by atoms with van der Waals surface area (Å²) in [6, 6.07) is 10.4. The number of aliphatic hydroxyl groups is 4. The maximum absolute atomic E-state index is 15.0. The highest BCUT2D eigenvalue weighted by molar-refractivity contribution is 6.09. The highest BCUT2D eigenvalue weighted by Crippen LogP contribution is 2.68. The molecule has 0 radical (unpaired) electrons. The smallest absolute Gasteiger partial charge is 0.230 e. The van der Waals surface area contributed by atoms with E-state index in [0.29, 0.717) is 5.56 Å². The van der Waals surface area contributed by atoms with Crippen molar-refractivity contribution in [2.24, 2.45) is 40.2 Å². The number of aliphatic hydroxyl groups excluding tert-OH is 3. The first kappa shape index (κ1) is 29.3. The van der Waals surface area contributed by atoms with Crippen molar-refractivity contribution in [3.05, 3.63) is 65.0 Å². The van der Waals surface area contributed by atoms with Gasteiger partial charge in [0.25, 0.3) is 0 Å². The fourth-order valence-corrected chi connectivity index (χ4v) is 8.76. The van der Waals surface area contributed by atoms with Crippen LogP contribution in [0.3, 0.4) is 0 Å². The van der Waals surface area contributed by atoms with E-state index in [-0.39, 0.29) is 17.5 Å². The predicted octanol–water partition coefficient (Wildman–Crippen LogP) is 1.47. The first-order valence-corrected chi connectivity index (χ1v) is 13.8. The molecular formula is C31H36FNO8. The van der Waals surface area contributed by atoms with Gasteiger partial charge in [-0.2, -0.15) is 0 Å². The van der Waals surface area contributed by atoms with Crippen molar-refractivity contribution in [1.29, 1.82) is 0 Å². The fraction of sp³-hybridized carbons (Fsp3) is 0.516. The van der Waals surface area contributed by atoms with Crippen molar-refractivity contribution < 1.29 is 44.3 Å². The molecule has 10 atom stereocenters. The molecule has 5 rings (SSSR count). The molecule has 0 saturated heterocycles. The molecule has 0 aromatic heterocycles. The summed E-state index contributed by atoms with van der Waals surface area (Å²) in [7, 11) is 0. The summed E-state index contributed by atoms with van der Waals surface area (Å²) in [5.74, 6) is -10.4. The Hall–Kier alpha value is -3.18. The van der Waals surface area contributed by atoms with Crippen LogP contribution in [0, 0.1) is 40.3 Å². The van der Waals surface area contributed by atoms with Crippen molar-refractivity contribution in [2.75, 3.05) is 0 Å². The highest BCUT2D eigenvalue weighted by Gasteiger charge is 2.80. The molecule has 2 unspecified atom stereocenters. The normalized spacial score (nSPS) is 40.1. The Morgan fingerprint density at radius 3 is 2.27 bits per heavy atom. The fourth-order valence-electron chi connectivity index (χ4n) is 8.76. The Balaban J connectivity index is 1.83. The van der Waals surface area contributed by atoms with Crippen molar-refractivity contribution in [2.45, 2.75) is 63.9 Å². The van der Waals surface area contributed by atoms with Crippen LogP contribution >= 0.6 is 0 Å². The number of phenols is 1. The van der Waals surface area contributed by atoms with E-state index >= 15 is 4.39 Å². The molecule has 0 aliphatic heterocycles. The Morgan fingerprint density at radius 1 is 1.05 bits per heavy atom. The van der Waals surface area contributed by atoms with Gasteiger partial charge in [0.2, 0.25) is 5.91 Å². The SMILES string of the molecule is CC(C)[C@H]1C(O)[C@@H](C(N)=O)C(=O)[C@]2(O)C(O)[C@H]3C(=O)c4c(O)cccc4[C@@H](Cc4ccccc4F)[C@]3(C)[C@@H](O)[C@]12C. The van der Waals surface area contributed by atoms with Gasteiger partial charge >= 0.3 is 0 Å². The molecule has 0 spiro atoms. The Labute approximate surface area is 236 Å². The molecule has 10 heteroatoms. The number of ketones is 2. The molecule has 2 fully saturated rings. The number of hydrogen-bond donors (Lipinski definition) is 6. The monoisotopic (exact) mass is 569 g/mol. The van der Waals surface area contributed by atoms with E-state index in [4.69, 9.17) is 5.73 Å². The molecule has 2 aromatic carbocycles. The molecule has 220 valence electrons.